The predicted octanol–water partition coefficient (Wildman–Crippen LogP) is 3.07. The van der Waals surface area contributed by atoms with Gasteiger partial charge in [-0.1, -0.05) is 24.3 Å². The molecule has 2 aromatic rings. The van der Waals surface area contributed by atoms with E-state index in [-0.39, 0.29) is 16.8 Å². The van der Waals surface area contributed by atoms with Crippen molar-refractivity contribution >= 4 is 15.9 Å². The Morgan fingerprint density at radius 3 is 2.59 bits per heavy atom. The first-order valence-corrected chi connectivity index (χ1v) is 10.4. The molecule has 0 saturated carbocycles. The zero-order chi connectivity index (χ0) is 19.9. The highest BCUT2D eigenvalue weighted by molar-refractivity contribution is 7.89. The molecule has 0 aliphatic carbocycles. The smallest absolute Gasteiger partial charge is 0.238 e. The Hall–Kier alpha value is -2.38. The van der Waals surface area contributed by atoms with Gasteiger partial charge in [-0.05, 0) is 62.1 Å². The molecule has 0 aromatic heterocycles. The van der Waals surface area contributed by atoms with Gasteiger partial charge in [-0.25, -0.2) is 13.6 Å². The first-order valence-electron chi connectivity index (χ1n) is 8.87. The summed E-state index contributed by atoms with van der Waals surface area (Å²) in [6.07, 6.45) is 1.87. The van der Waals surface area contributed by atoms with Gasteiger partial charge in [0.15, 0.2) is 0 Å². The van der Waals surface area contributed by atoms with E-state index in [1.165, 1.54) is 12.1 Å². The Morgan fingerprint density at radius 1 is 1.15 bits per heavy atom. The van der Waals surface area contributed by atoms with E-state index in [2.05, 4.69) is 5.32 Å². The molecule has 1 atom stereocenters. The molecule has 146 valence electrons. The molecular formula is C20H26N2O4S. The zero-order valence-electron chi connectivity index (χ0n) is 15.6. The van der Waals surface area contributed by atoms with Gasteiger partial charge >= 0.3 is 0 Å². The molecule has 0 aliphatic rings. The number of rotatable bonds is 9. The zero-order valence-corrected chi connectivity index (χ0v) is 16.5. The maximum atomic E-state index is 12.1. The normalized spacial score (nSPS) is 12.4. The summed E-state index contributed by atoms with van der Waals surface area (Å²) >= 11 is 0. The molecule has 7 heteroatoms. The summed E-state index contributed by atoms with van der Waals surface area (Å²) in [5.74, 6) is 0.752. The molecule has 0 heterocycles. The Labute approximate surface area is 160 Å². The fourth-order valence-corrected chi connectivity index (χ4v) is 3.21. The second kappa shape index (κ2) is 9.53. The first-order chi connectivity index (χ1) is 12.8. The van der Waals surface area contributed by atoms with Crippen molar-refractivity contribution < 1.29 is 17.9 Å². The van der Waals surface area contributed by atoms with Crippen LogP contribution in [0.5, 0.6) is 5.75 Å². The molecule has 0 spiro atoms. The molecule has 0 aliphatic heterocycles. The minimum absolute atomic E-state index is 0.0365. The standard InChI is InChI=1S/C20H26N2O4S/c1-15-7-5-9-18(13-15)26-12-4-3-11-20(23)22-16(2)17-8-6-10-19(14-17)27(21,24)25/h5-10,13-14,16H,3-4,11-12H2,1-2H3,(H,22,23)(H2,21,24,25). The molecule has 1 amide bonds. The Kier molecular flexibility index (Phi) is 7.38. The average molecular weight is 391 g/mol. The van der Waals surface area contributed by atoms with E-state index in [0.717, 1.165) is 17.7 Å². The fourth-order valence-electron chi connectivity index (χ4n) is 2.64. The minimum Gasteiger partial charge on any atom is -0.494 e. The van der Waals surface area contributed by atoms with E-state index < -0.39 is 10.0 Å². The van der Waals surface area contributed by atoms with E-state index in [4.69, 9.17) is 9.88 Å². The van der Waals surface area contributed by atoms with Crippen molar-refractivity contribution in [1.82, 2.24) is 5.32 Å². The van der Waals surface area contributed by atoms with E-state index in [9.17, 15) is 13.2 Å². The van der Waals surface area contributed by atoms with Crippen LogP contribution in [0, 0.1) is 6.92 Å². The minimum atomic E-state index is -3.76. The van der Waals surface area contributed by atoms with E-state index >= 15 is 0 Å². The largest absolute Gasteiger partial charge is 0.494 e. The van der Waals surface area contributed by atoms with Crippen LogP contribution >= 0.6 is 0 Å². The van der Waals surface area contributed by atoms with Gasteiger partial charge in [0.1, 0.15) is 5.75 Å². The third-order valence-electron chi connectivity index (χ3n) is 4.12. The molecular weight excluding hydrogens is 364 g/mol. The summed E-state index contributed by atoms with van der Waals surface area (Å²) in [7, 11) is -3.76. The fraction of sp³-hybridized carbons (Fsp3) is 0.350. The van der Waals surface area contributed by atoms with Crippen molar-refractivity contribution in [3.8, 4) is 5.75 Å². The molecule has 0 saturated heterocycles. The average Bonchev–Trinajstić information content (AvgIpc) is 2.61. The number of sulfonamides is 1. The van der Waals surface area contributed by atoms with Gasteiger partial charge in [-0.15, -0.1) is 0 Å². The number of hydrogen-bond acceptors (Lipinski definition) is 4. The van der Waals surface area contributed by atoms with Crippen LogP contribution in [-0.2, 0) is 14.8 Å². The molecule has 2 rings (SSSR count). The molecule has 0 fully saturated rings. The van der Waals surface area contributed by atoms with Crippen LogP contribution in [0.2, 0.25) is 0 Å². The van der Waals surface area contributed by atoms with Crippen LogP contribution in [0.25, 0.3) is 0 Å². The van der Waals surface area contributed by atoms with Crippen LogP contribution in [0.4, 0.5) is 0 Å². The first kappa shape index (κ1) is 20.9. The third-order valence-corrected chi connectivity index (χ3v) is 5.03. The number of aryl methyl sites for hydroxylation is 1. The molecule has 0 radical (unpaired) electrons. The lowest BCUT2D eigenvalue weighted by molar-refractivity contribution is -0.121. The van der Waals surface area contributed by atoms with E-state index in [1.807, 2.05) is 31.2 Å². The summed E-state index contributed by atoms with van der Waals surface area (Å²) in [5, 5.41) is 8.02. The molecule has 2 aromatic carbocycles. The lowest BCUT2D eigenvalue weighted by Gasteiger charge is -2.15. The molecule has 27 heavy (non-hydrogen) atoms. The number of ether oxygens (including phenoxy) is 1. The van der Waals surface area contributed by atoms with Crippen LogP contribution in [-0.4, -0.2) is 20.9 Å². The number of nitrogens with one attached hydrogen (secondary N) is 1. The van der Waals surface area contributed by atoms with Crippen molar-refractivity contribution in [3.63, 3.8) is 0 Å². The highest BCUT2D eigenvalue weighted by Gasteiger charge is 2.13. The summed E-state index contributed by atoms with van der Waals surface area (Å²) in [4.78, 5) is 12.1. The molecule has 3 N–H and O–H groups in total. The van der Waals surface area contributed by atoms with Crippen molar-refractivity contribution in [2.24, 2.45) is 5.14 Å². The van der Waals surface area contributed by atoms with Crippen molar-refractivity contribution in [2.45, 2.75) is 44.0 Å². The monoisotopic (exact) mass is 390 g/mol. The Bertz CT molecular complexity index is 881. The van der Waals surface area contributed by atoms with E-state index in [0.29, 0.717) is 25.0 Å². The number of unbranched alkanes of at least 4 members (excludes halogenated alkanes) is 1. The maximum Gasteiger partial charge on any atom is 0.238 e. The number of amides is 1. The van der Waals surface area contributed by atoms with Crippen molar-refractivity contribution in [3.05, 3.63) is 59.7 Å². The molecule has 6 nitrogen and oxygen atoms in total. The van der Waals surface area contributed by atoms with Gasteiger partial charge in [0.2, 0.25) is 15.9 Å². The number of carbonyl (C=O) groups is 1. The highest BCUT2D eigenvalue weighted by atomic mass is 32.2. The number of primary sulfonamides is 1. The van der Waals surface area contributed by atoms with E-state index in [1.54, 1.807) is 19.1 Å². The quantitative estimate of drug-likeness (QED) is 0.643. The number of benzene rings is 2. The second-order valence-electron chi connectivity index (χ2n) is 6.53. The number of hydrogen-bond donors (Lipinski definition) is 2. The van der Waals surface area contributed by atoms with Gasteiger partial charge in [0, 0.05) is 6.42 Å². The van der Waals surface area contributed by atoms with Gasteiger partial charge in [-0.2, -0.15) is 0 Å². The Morgan fingerprint density at radius 2 is 1.89 bits per heavy atom. The summed E-state index contributed by atoms with van der Waals surface area (Å²) < 4.78 is 28.5. The number of nitrogens with two attached hydrogens (primary N) is 1. The van der Waals surface area contributed by atoms with Gasteiger partial charge in [0.25, 0.3) is 0 Å². The van der Waals surface area contributed by atoms with Crippen LogP contribution in [0.1, 0.15) is 43.4 Å². The van der Waals surface area contributed by atoms with Gasteiger partial charge in [0.05, 0.1) is 17.5 Å². The van der Waals surface area contributed by atoms with Crippen LogP contribution in [0.3, 0.4) is 0 Å². The molecule has 0 bridgehead atoms. The maximum absolute atomic E-state index is 12.1. The topological polar surface area (TPSA) is 98.5 Å². The lowest BCUT2D eigenvalue weighted by Crippen LogP contribution is -2.26. The summed E-state index contributed by atoms with van der Waals surface area (Å²) in [6, 6.07) is 13.8. The van der Waals surface area contributed by atoms with Gasteiger partial charge < -0.3 is 10.1 Å². The summed E-state index contributed by atoms with van der Waals surface area (Å²) in [6.45, 7) is 4.38. The second-order valence-corrected chi connectivity index (χ2v) is 8.09. The Balaban J connectivity index is 1.74. The highest BCUT2D eigenvalue weighted by Crippen LogP contribution is 2.17. The van der Waals surface area contributed by atoms with Crippen LogP contribution < -0.4 is 15.2 Å². The predicted molar refractivity (Wildman–Crippen MR) is 105 cm³/mol. The SMILES string of the molecule is Cc1cccc(OCCCCC(=O)NC(C)c2cccc(S(N)(=O)=O)c2)c1. The summed E-state index contributed by atoms with van der Waals surface area (Å²) in [5.41, 5.74) is 1.84. The third kappa shape index (κ3) is 7.03. The van der Waals surface area contributed by atoms with Crippen molar-refractivity contribution in [2.75, 3.05) is 6.61 Å². The lowest BCUT2D eigenvalue weighted by atomic mass is 10.1. The van der Waals surface area contributed by atoms with Gasteiger partial charge in [-0.3, -0.25) is 4.79 Å². The van der Waals surface area contributed by atoms with Crippen molar-refractivity contribution in [1.29, 1.82) is 0 Å². The molecule has 1 unspecified atom stereocenters. The number of carbonyl (C=O) groups excluding carboxylic acids is 1. The van der Waals surface area contributed by atoms with Crippen LogP contribution in [0.15, 0.2) is 53.4 Å².